The molecule has 1 amide bonds. The van der Waals surface area contributed by atoms with Crippen molar-refractivity contribution >= 4 is 34.0 Å². The normalized spacial score (nSPS) is 16.4. The van der Waals surface area contributed by atoms with Gasteiger partial charge in [0, 0.05) is 43.0 Å². The van der Waals surface area contributed by atoms with E-state index in [0.29, 0.717) is 5.82 Å². The van der Waals surface area contributed by atoms with Crippen molar-refractivity contribution in [3.63, 3.8) is 0 Å². The van der Waals surface area contributed by atoms with Gasteiger partial charge in [0.1, 0.15) is 0 Å². The fourth-order valence-corrected chi connectivity index (χ4v) is 3.98. The molecule has 1 aliphatic rings. The van der Waals surface area contributed by atoms with E-state index in [1.54, 1.807) is 11.3 Å². The van der Waals surface area contributed by atoms with E-state index in [2.05, 4.69) is 38.4 Å². The number of aromatic amines is 1. The van der Waals surface area contributed by atoms with E-state index in [9.17, 15) is 4.79 Å². The molecule has 2 N–H and O–H groups in total. The van der Waals surface area contributed by atoms with Gasteiger partial charge < -0.3 is 10.2 Å². The number of likely N-dealkylation sites (N-methyl/N-ethyl adjacent to an activating group) is 1. The second kappa shape index (κ2) is 6.95. The molecule has 3 aromatic rings. The standard InChI is InChI=1S/C18H21N5OS/c1-22-8-10-23(11-9-22)12-13-6-7-16(25-13)18(24)19-17-14-4-2-3-5-15(14)20-21-17/h2-7H,8-12H2,1H3,(H2,19,20,21,24). The van der Waals surface area contributed by atoms with Gasteiger partial charge in [-0.2, -0.15) is 5.10 Å². The number of carbonyl (C=O) groups is 1. The lowest BCUT2D eigenvalue weighted by Crippen LogP contribution is -2.43. The molecular formula is C18H21N5OS. The summed E-state index contributed by atoms with van der Waals surface area (Å²) in [5.41, 5.74) is 0.916. The maximum Gasteiger partial charge on any atom is 0.266 e. The van der Waals surface area contributed by atoms with Crippen molar-refractivity contribution in [3.05, 3.63) is 46.2 Å². The highest BCUT2D eigenvalue weighted by atomic mass is 32.1. The third kappa shape index (κ3) is 3.58. The predicted octanol–water partition coefficient (Wildman–Crippen LogP) is 2.62. The third-order valence-corrected chi connectivity index (χ3v) is 5.63. The number of para-hydroxylation sites is 1. The van der Waals surface area contributed by atoms with Crippen molar-refractivity contribution in [1.82, 2.24) is 20.0 Å². The Bertz CT molecular complexity index is 878. The summed E-state index contributed by atoms with van der Waals surface area (Å²) in [5.74, 6) is 0.474. The van der Waals surface area contributed by atoms with Gasteiger partial charge in [0.15, 0.2) is 5.82 Å². The first-order chi connectivity index (χ1) is 12.2. The van der Waals surface area contributed by atoms with E-state index >= 15 is 0 Å². The molecule has 0 radical (unpaired) electrons. The molecule has 3 heterocycles. The summed E-state index contributed by atoms with van der Waals surface area (Å²) in [6.45, 7) is 5.28. The SMILES string of the molecule is CN1CCN(Cc2ccc(C(=O)Nc3n[nH]c4ccccc34)s2)CC1. The highest BCUT2D eigenvalue weighted by Gasteiger charge is 2.17. The molecule has 2 aromatic heterocycles. The van der Waals surface area contributed by atoms with Crippen molar-refractivity contribution < 1.29 is 4.79 Å². The van der Waals surface area contributed by atoms with Crippen LogP contribution in [0.2, 0.25) is 0 Å². The number of rotatable bonds is 4. The summed E-state index contributed by atoms with van der Waals surface area (Å²) in [7, 11) is 2.16. The number of nitrogens with zero attached hydrogens (tertiary/aromatic N) is 3. The number of H-pyrrole nitrogens is 1. The zero-order valence-corrected chi connectivity index (χ0v) is 15.0. The highest BCUT2D eigenvalue weighted by Crippen LogP contribution is 2.23. The highest BCUT2D eigenvalue weighted by molar-refractivity contribution is 7.14. The summed E-state index contributed by atoms with van der Waals surface area (Å²) >= 11 is 1.56. The number of nitrogens with one attached hydrogen (secondary N) is 2. The minimum atomic E-state index is -0.105. The van der Waals surface area contributed by atoms with Gasteiger partial charge in [-0.25, -0.2) is 0 Å². The van der Waals surface area contributed by atoms with Crippen LogP contribution in [-0.2, 0) is 6.54 Å². The molecule has 1 saturated heterocycles. The molecule has 1 aromatic carbocycles. The third-order valence-electron chi connectivity index (χ3n) is 4.56. The molecule has 0 unspecified atom stereocenters. The van der Waals surface area contributed by atoms with Gasteiger partial charge in [0.2, 0.25) is 0 Å². The quantitative estimate of drug-likeness (QED) is 0.755. The second-order valence-corrected chi connectivity index (χ2v) is 7.59. The molecule has 130 valence electrons. The number of amides is 1. The number of thiophene rings is 1. The Balaban J connectivity index is 1.42. The van der Waals surface area contributed by atoms with Crippen LogP contribution in [0.25, 0.3) is 10.9 Å². The average molecular weight is 355 g/mol. The molecule has 0 saturated carbocycles. The van der Waals surface area contributed by atoms with Gasteiger partial charge >= 0.3 is 0 Å². The molecule has 0 spiro atoms. The molecule has 0 bridgehead atoms. The monoisotopic (exact) mass is 355 g/mol. The Morgan fingerprint density at radius 2 is 2.00 bits per heavy atom. The average Bonchev–Trinajstić information content (AvgIpc) is 3.25. The lowest BCUT2D eigenvalue weighted by molar-refractivity contribution is 0.103. The molecule has 0 aliphatic carbocycles. The summed E-state index contributed by atoms with van der Waals surface area (Å²) in [5, 5.41) is 11.0. The van der Waals surface area contributed by atoms with Gasteiger partial charge in [-0.1, -0.05) is 12.1 Å². The first-order valence-corrected chi connectivity index (χ1v) is 9.25. The van der Waals surface area contributed by atoms with Gasteiger partial charge in [-0.05, 0) is 31.3 Å². The van der Waals surface area contributed by atoms with Crippen molar-refractivity contribution in [3.8, 4) is 0 Å². The van der Waals surface area contributed by atoms with E-state index in [1.165, 1.54) is 4.88 Å². The van der Waals surface area contributed by atoms with Crippen LogP contribution in [-0.4, -0.2) is 59.1 Å². The lowest BCUT2D eigenvalue weighted by Gasteiger charge is -2.31. The molecule has 4 rings (SSSR count). The van der Waals surface area contributed by atoms with E-state index in [-0.39, 0.29) is 5.91 Å². The molecule has 6 nitrogen and oxygen atoms in total. The predicted molar refractivity (Wildman–Crippen MR) is 101 cm³/mol. The molecule has 7 heteroatoms. The topological polar surface area (TPSA) is 64.3 Å². The number of anilines is 1. The van der Waals surface area contributed by atoms with Crippen LogP contribution in [0.1, 0.15) is 14.5 Å². The number of fused-ring (bicyclic) bond motifs is 1. The van der Waals surface area contributed by atoms with Crippen LogP contribution in [0, 0.1) is 0 Å². The molecule has 25 heavy (non-hydrogen) atoms. The van der Waals surface area contributed by atoms with Crippen LogP contribution < -0.4 is 5.32 Å². The molecule has 0 atom stereocenters. The van der Waals surface area contributed by atoms with Crippen molar-refractivity contribution in [2.75, 3.05) is 38.5 Å². The van der Waals surface area contributed by atoms with Gasteiger partial charge in [0.25, 0.3) is 5.91 Å². The fourth-order valence-electron chi connectivity index (χ4n) is 3.04. The minimum Gasteiger partial charge on any atom is -0.304 e. The van der Waals surface area contributed by atoms with Crippen molar-refractivity contribution in [2.45, 2.75) is 6.54 Å². The maximum atomic E-state index is 12.5. The largest absolute Gasteiger partial charge is 0.304 e. The minimum absolute atomic E-state index is 0.105. The summed E-state index contributed by atoms with van der Waals surface area (Å²) in [4.78, 5) is 19.3. The number of hydrogen-bond acceptors (Lipinski definition) is 5. The Hall–Kier alpha value is -2.22. The van der Waals surface area contributed by atoms with Crippen molar-refractivity contribution in [1.29, 1.82) is 0 Å². The Morgan fingerprint density at radius 1 is 1.20 bits per heavy atom. The summed E-state index contributed by atoms with van der Waals surface area (Å²) in [6, 6.07) is 11.7. The molecular weight excluding hydrogens is 334 g/mol. The maximum absolute atomic E-state index is 12.5. The van der Waals surface area contributed by atoms with E-state index < -0.39 is 0 Å². The van der Waals surface area contributed by atoms with Gasteiger partial charge in [-0.15, -0.1) is 11.3 Å². The van der Waals surface area contributed by atoms with Crippen molar-refractivity contribution in [2.24, 2.45) is 0 Å². The Kier molecular flexibility index (Phi) is 4.52. The van der Waals surface area contributed by atoms with E-state index in [4.69, 9.17) is 0 Å². The van der Waals surface area contributed by atoms with Crippen LogP contribution in [0.3, 0.4) is 0 Å². The first-order valence-electron chi connectivity index (χ1n) is 8.43. The number of benzene rings is 1. The summed E-state index contributed by atoms with van der Waals surface area (Å²) < 4.78 is 0. The number of piperazine rings is 1. The van der Waals surface area contributed by atoms with Crippen LogP contribution in [0.4, 0.5) is 5.82 Å². The van der Waals surface area contributed by atoms with E-state index in [1.807, 2.05) is 30.3 Å². The Morgan fingerprint density at radius 3 is 2.84 bits per heavy atom. The van der Waals surface area contributed by atoms with Gasteiger partial charge in [-0.3, -0.25) is 14.8 Å². The fraction of sp³-hybridized carbons (Fsp3) is 0.333. The lowest BCUT2D eigenvalue weighted by atomic mass is 10.2. The van der Waals surface area contributed by atoms with Crippen LogP contribution in [0.5, 0.6) is 0 Å². The Labute approximate surface area is 150 Å². The number of aromatic nitrogens is 2. The van der Waals surface area contributed by atoms with E-state index in [0.717, 1.165) is 48.5 Å². The summed E-state index contributed by atoms with van der Waals surface area (Å²) in [6.07, 6.45) is 0. The molecule has 1 fully saturated rings. The smallest absolute Gasteiger partial charge is 0.266 e. The van der Waals surface area contributed by atoms with Crippen LogP contribution >= 0.6 is 11.3 Å². The zero-order valence-electron chi connectivity index (χ0n) is 14.2. The second-order valence-electron chi connectivity index (χ2n) is 6.42. The number of carbonyl (C=O) groups excluding carboxylic acids is 1. The van der Waals surface area contributed by atoms with Crippen LogP contribution in [0.15, 0.2) is 36.4 Å². The number of hydrogen-bond donors (Lipinski definition) is 2. The molecule has 1 aliphatic heterocycles. The zero-order chi connectivity index (χ0) is 17.2. The first kappa shape index (κ1) is 16.3. The van der Waals surface area contributed by atoms with Gasteiger partial charge in [0.05, 0.1) is 10.4 Å².